The van der Waals surface area contributed by atoms with Crippen molar-refractivity contribution in [3.8, 4) is 0 Å². The van der Waals surface area contributed by atoms with Crippen molar-refractivity contribution in [2.45, 2.75) is 19.4 Å². The van der Waals surface area contributed by atoms with Crippen LogP contribution >= 0.6 is 0 Å². The summed E-state index contributed by atoms with van der Waals surface area (Å²) in [6, 6.07) is 0. The Labute approximate surface area is 58.8 Å². The maximum atomic E-state index is 10.4. The molecule has 0 aliphatic rings. The van der Waals surface area contributed by atoms with Crippen LogP contribution in [0.15, 0.2) is 0 Å². The van der Waals surface area contributed by atoms with E-state index in [4.69, 9.17) is 5.11 Å². The Morgan fingerprint density at radius 1 is 1.60 bits per heavy atom. The number of hydrogen-bond acceptors (Lipinski definition) is 4. The molecule has 0 saturated heterocycles. The van der Waals surface area contributed by atoms with Gasteiger partial charge in [-0.3, -0.25) is 4.79 Å². The molecule has 0 bridgehead atoms. The van der Waals surface area contributed by atoms with Gasteiger partial charge in [0.05, 0.1) is 7.11 Å². The summed E-state index contributed by atoms with van der Waals surface area (Å²) < 4.78 is 4.17. The molecule has 10 heavy (non-hydrogen) atoms. The first-order chi connectivity index (χ1) is 4.57. The van der Waals surface area contributed by atoms with E-state index >= 15 is 0 Å². The first-order valence-corrected chi connectivity index (χ1v) is 2.83. The maximum Gasteiger partial charge on any atom is 0.335 e. The highest BCUT2D eigenvalue weighted by molar-refractivity contribution is 5.84. The Morgan fingerprint density at radius 3 is 2.40 bits per heavy atom. The fraction of sp³-hybridized carbons (Fsp3) is 0.667. The zero-order chi connectivity index (χ0) is 8.15. The summed E-state index contributed by atoms with van der Waals surface area (Å²) in [7, 11) is 1.16. The van der Waals surface area contributed by atoms with Crippen LogP contribution < -0.4 is 0 Å². The molecule has 0 rings (SSSR count). The monoisotopic (exact) mass is 146 g/mol. The van der Waals surface area contributed by atoms with Gasteiger partial charge in [-0.05, 0) is 6.92 Å². The molecule has 1 atom stereocenters. The van der Waals surface area contributed by atoms with Crippen LogP contribution in [-0.4, -0.2) is 30.1 Å². The summed E-state index contributed by atoms with van der Waals surface area (Å²) in [5.74, 6) is -1.01. The van der Waals surface area contributed by atoms with Gasteiger partial charge in [-0.25, -0.2) is 4.79 Å². The molecule has 0 aromatic carbocycles. The van der Waals surface area contributed by atoms with Gasteiger partial charge in [0.1, 0.15) is 5.78 Å². The van der Waals surface area contributed by atoms with Gasteiger partial charge in [-0.2, -0.15) is 0 Å². The number of rotatable bonds is 3. The molecule has 0 aromatic rings. The number of Topliss-reactive ketones (excluding diaryl/α,β-unsaturated/α-hetero) is 1. The molecule has 0 aliphatic heterocycles. The second-order valence-corrected chi connectivity index (χ2v) is 1.95. The molecule has 0 spiro atoms. The molecule has 0 unspecified atom stereocenters. The van der Waals surface area contributed by atoms with Crippen LogP contribution in [0.5, 0.6) is 0 Å². The number of carbonyl (C=O) groups is 2. The summed E-state index contributed by atoms with van der Waals surface area (Å²) >= 11 is 0. The van der Waals surface area contributed by atoms with Gasteiger partial charge in [-0.1, -0.05) is 0 Å². The Balaban J connectivity index is 3.72. The van der Waals surface area contributed by atoms with Crippen LogP contribution in [0.4, 0.5) is 0 Å². The molecule has 1 N–H and O–H groups in total. The van der Waals surface area contributed by atoms with E-state index in [1.165, 1.54) is 6.92 Å². The normalized spacial score (nSPS) is 12.3. The summed E-state index contributed by atoms with van der Waals surface area (Å²) in [4.78, 5) is 20.7. The van der Waals surface area contributed by atoms with Crippen molar-refractivity contribution >= 4 is 11.8 Å². The number of aliphatic hydroxyl groups excluding tert-OH is 1. The minimum absolute atomic E-state index is 0.174. The number of esters is 1. The quantitative estimate of drug-likeness (QED) is 0.545. The molecule has 0 aliphatic carbocycles. The van der Waals surface area contributed by atoms with Crippen molar-refractivity contribution in [3.63, 3.8) is 0 Å². The standard InChI is InChI=1S/C6H10O4/c1-4(7)3-5(8)6(9)10-2/h5,8H,3H2,1-2H3/t5-/m0/s1. The molecule has 0 saturated carbocycles. The van der Waals surface area contributed by atoms with Crippen molar-refractivity contribution < 1.29 is 19.4 Å². The topological polar surface area (TPSA) is 63.6 Å². The lowest BCUT2D eigenvalue weighted by molar-refractivity contribution is -0.152. The van der Waals surface area contributed by atoms with Gasteiger partial charge in [0.15, 0.2) is 6.10 Å². The fourth-order valence-corrected chi connectivity index (χ4v) is 0.492. The molecular formula is C6H10O4. The number of ketones is 1. The van der Waals surface area contributed by atoms with Crippen LogP contribution in [-0.2, 0) is 14.3 Å². The molecule has 4 nitrogen and oxygen atoms in total. The molecule has 0 amide bonds. The Kier molecular flexibility index (Phi) is 3.64. The first-order valence-electron chi connectivity index (χ1n) is 2.83. The molecule has 0 radical (unpaired) electrons. The van der Waals surface area contributed by atoms with Crippen molar-refractivity contribution in [2.75, 3.05) is 7.11 Å². The minimum Gasteiger partial charge on any atom is -0.467 e. The van der Waals surface area contributed by atoms with Crippen molar-refractivity contribution in [1.29, 1.82) is 0 Å². The average molecular weight is 146 g/mol. The van der Waals surface area contributed by atoms with Gasteiger partial charge < -0.3 is 9.84 Å². The van der Waals surface area contributed by atoms with Gasteiger partial charge in [0, 0.05) is 6.42 Å². The van der Waals surface area contributed by atoms with E-state index in [9.17, 15) is 9.59 Å². The zero-order valence-electron chi connectivity index (χ0n) is 5.96. The van der Waals surface area contributed by atoms with E-state index in [0.29, 0.717) is 0 Å². The van der Waals surface area contributed by atoms with Crippen LogP contribution in [0, 0.1) is 0 Å². The van der Waals surface area contributed by atoms with Crippen molar-refractivity contribution in [2.24, 2.45) is 0 Å². The van der Waals surface area contributed by atoms with E-state index in [1.807, 2.05) is 0 Å². The van der Waals surface area contributed by atoms with Gasteiger partial charge in [-0.15, -0.1) is 0 Å². The van der Waals surface area contributed by atoms with E-state index in [1.54, 1.807) is 0 Å². The van der Waals surface area contributed by atoms with E-state index in [0.717, 1.165) is 7.11 Å². The van der Waals surface area contributed by atoms with Crippen LogP contribution in [0.3, 0.4) is 0 Å². The smallest absolute Gasteiger partial charge is 0.335 e. The SMILES string of the molecule is COC(=O)[C@@H](O)CC(C)=O. The van der Waals surface area contributed by atoms with E-state index in [2.05, 4.69) is 4.74 Å². The summed E-state index contributed by atoms with van der Waals surface area (Å²) in [6.07, 6.45) is -1.48. The number of hydrogen-bond donors (Lipinski definition) is 1. The highest BCUT2D eigenvalue weighted by Crippen LogP contribution is 1.94. The fourth-order valence-electron chi connectivity index (χ4n) is 0.492. The Morgan fingerprint density at radius 2 is 2.10 bits per heavy atom. The summed E-state index contributed by atoms with van der Waals surface area (Å²) in [5, 5.41) is 8.79. The second kappa shape index (κ2) is 4.00. The Bertz CT molecular complexity index is 141. The van der Waals surface area contributed by atoms with E-state index < -0.39 is 12.1 Å². The lowest BCUT2D eigenvalue weighted by atomic mass is 10.2. The van der Waals surface area contributed by atoms with Crippen molar-refractivity contribution in [3.05, 3.63) is 0 Å². The van der Waals surface area contributed by atoms with Crippen LogP contribution in [0.1, 0.15) is 13.3 Å². The highest BCUT2D eigenvalue weighted by Gasteiger charge is 2.16. The van der Waals surface area contributed by atoms with Crippen LogP contribution in [0.2, 0.25) is 0 Å². The van der Waals surface area contributed by atoms with Gasteiger partial charge >= 0.3 is 5.97 Å². The molecule has 4 heteroatoms. The zero-order valence-corrected chi connectivity index (χ0v) is 5.96. The van der Waals surface area contributed by atoms with Gasteiger partial charge in [0.2, 0.25) is 0 Å². The number of ether oxygens (including phenoxy) is 1. The number of aliphatic hydroxyl groups is 1. The number of methoxy groups -OCH3 is 1. The average Bonchev–Trinajstić information content (AvgIpc) is 1.85. The maximum absolute atomic E-state index is 10.4. The van der Waals surface area contributed by atoms with E-state index in [-0.39, 0.29) is 12.2 Å². The molecule has 0 heterocycles. The second-order valence-electron chi connectivity index (χ2n) is 1.95. The summed E-state index contributed by atoms with van der Waals surface area (Å²) in [6.45, 7) is 1.30. The first kappa shape index (κ1) is 9.10. The molecule has 58 valence electrons. The predicted molar refractivity (Wildman–Crippen MR) is 33.3 cm³/mol. The minimum atomic E-state index is -1.30. The summed E-state index contributed by atoms with van der Waals surface area (Å²) in [5.41, 5.74) is 0. The Hall–Kier alpha value is -0.900. The third-order valence-electron chi connectivity index (χ3n) is 0.954. The largest absolute Gasteiger partial charge is 0.467 e. The number of carbonyl (C=O) groups excluding carboxylic acids is 2. The van der Waals surface area contributed by atoms with Gasteiger partial charge in [0.25, 0.3) is 0 Å². The highest BCUT2D eigenvalue weighted by atomic mass is 16.5. The lowest BCUT2D eigenvalue weighted by Crippen LogP contribution is -2.23. The van der Waals surface area contributed by atoms with Crippen LogP contribution in [0.25, 0.3) is 0 Å². The molecule has 0 fully saturated rings. The molecular weight excluding hydrogens is 136 g/mol. The third-order valence-corrected chi connectivity index (χ3v) is 0.954. The third kappa shape index (κ3) is 3.19. The van der Waals surface area contributed by atoms with Crippen molar-refractivity contribution in [1.82, 2.24) is 0 Å². The predicted octanol–water partition coefficient (Wildman–Crippen LogP) is -0.501. The lowest BCUT2D eigenvalue weighted by Gasteiger charge is -2.03. The molecule has 0 aromatic heterocycles.